The molecule has 7 heteroatoms. The van der Waals surface area contributed by atoms with Crippen LogP contribution in [0.4, 0.5) is 5.82 Å². The molecule has 6 nitrogen and oxygen atoms in total. The largest absolute Gasteiger partial charge is 0.309 e. The Labute approximate surface area is 130 Å². The second-order valence-corrected chi connectivity index (χ2v) is 5.62. The number of hydrogen-bond acceptors (Lipinski definition) is 5. The molecule has 2 atom stereocenters. The molecule has 22 heavy (non-hydrogen) atoms. The third-order valence-corrected chi connectivity index (χ3v) is 4.17. The van der Waals surface area contributed by atoms with Crippen LogP contribution >= 0.6 is 11.8 Å². The fourth-order valence-corrected chi connectivity index (χ4v) is 2.98. The van der Waals surface area contributed by atoms with Crippen molar-refractivity contribution < 1.29 is 4.79 Å². The van der Waals surface area contributed by atoms with E-state index < -0.39 is 17.7 Å². The van der Waals surface area contributed by atoms with Gasteiger partial charge in [0.1, 0.15) is 11.7 Å². The van der Waals surface area contributed by atoms with Crippen LogP contribution in [-0.4, -0.2) is 22.1 Å². The smallest absolute Gasteiger partial charge is 0.257 e. The van der Waals surface area contributed by atoms with Gasteiger partial charge in [0, 0.05) is 5.92 Å². The maximum atomic E-state index is 12.4. The zero-order valence-corrected chi connectivity index (χ0v) is 12.5. The number of benzene rings is 1. The van der Waals surface area contributed by atoms with Gasteiger partial charge in [-0.3, -0.25) is 9.59 Å². The van der Waals surface area contributed by atoms with Gasteiger partial charge >= 0.3 is 0 Å². The molecule has 2 heterocycles. The molecule has 0 fully saturated rings. The molecule has 1 aliphatic heterocycles. The van der Waals surface area contributed by atoms with E-state index in [4.69, 9.17) is 0 Å². The number of amides is 1. The minimum absolute atomic E-state index is 0.235. The highest BCUT2D eigenvalue weighted by molar-refractivity contribution is 7.98. The lowest BCUT2D eigenvalue weighted by molar-refractivity contribution is -0.119. The standard InChI is InChI=1S/C15H12N4O2S/c1-22-15-18-12-11(14(21)19-15)10(8-5-3-2-4-6-8)9(7-16)13(20)17-12/h2-6,9-10H,1H3,(H2,17,18,19,20,21). The van der Waals surface area contributed by atoms with Gasteiger partial charge in [-0.2, -0.15) is 5.26 Å². The number of aromatic nitrogens is 2. The van der Waals surface area contributed by atoms with Crippen molar-refractivity contribution in [1.29, 1.82) is 5.26 Å². The SMILES string of the molecule is CSc1nc2c(c(=O)[nH]1)C(c1ccccc1)C(C#N)C(=O)N2. The van der Waals surface area contributed by atoms with E-state index in [1.54, 1.807) is 18.4 Å². The molecule has 1 aromatic heterocycles. The van der Waals surface area contributed by atoms with E-state index in [9.17, 15) is 14.9 Å². The van der Waals surface area contributed by atoms with Gasteiger partial charge in [-0.15, -0.1) is 0 Å². The quantitative estimate of drug-likeness (QED) is 0.650. The summed E-state index contributed by atoms with van der Waals surface area (Å²) in [5.41, 5.74) is 0.743. The van der Waals surface area contributed by atoms with Crippen LogP contribution in [-0.2, 0) is 4.79 Å². The number of H-pyrrole nitrogens is 1. The highest BCUT2D eigenvalue weighted by Gasteiger charge is 2.39. The molecule has 2 unspecified atom stereocenters. The van der Waals surface area contributed by atoms with Gasteiger partial charge in [0.2, 0.25) is 5.91 Å². The lowest BCUT2D eigenvalue weighted by Gasteiger charge is -2.28. The molecule has 2 N–H and O–H groups in total. The maximum Gasteiger partial charge on any atom is 0.257 e. The van der Waals surface area contributed by atoms with Gasteiger partial charge in [-0.25, -0.2) is 4.98 Å². The number of thioether (sulfide) groups is 1. The van der Waals surface area contributed by atoms with Gasteiger partial charge in [0.25, 0.3) is 5.56 Å². The topological polar surface area (TPSA) is 98.6 Å². The number of rotatable bonds is 2. The fourth-order valence-electron chi connectivity index (χ4n) is 2.61. The number of hydrogen-bond donors (Lipinski definition) is 2. The summed E-state index contributed by atoms with van der Waals surface area (Å²) >= 11 is 1.28. The van der Waals surface area contributed by atoms with E-state index >= 15 is 0 Å². The summed E-state index contributed by atoms with van der Waals surface area (Å²) in [5.74, 6) is -1.78. The molecule has 0 saturated heterocycles. The van der Waals surface area contributed by atoms with Crippen LogP contribution in [0.15, 0.2) is 40.3 Å². The van der Waals surface area contributed by atoms with Gasteiger partial charge in [-0.1, -0.05) is 42.1 Å². The van der Waals surface area contributed by atoms with E-state index in [1.807, 2.05) is 24.3 Å². The van der Waals surface area contributed by atoms with Crippen molar-refractivity contribution in [1.82, 2.24) is 9.97 Å². The average Bonchev–Trinajstić information content (AvgIpc) is 2.54. The first-order chi connectivity index (χ1) is 10.7. The third kappa shape index (κ3) is 2.27. The summed E-state index contributed by atoms with van der Waals surface area (Å²) in [6.07, 6.45) is 1.78. The third-order valence-electron chi connectivity index (χ3n) is 3.59. The summed E-state index contributed by atoms with van der Waals surface area (Å²) < 4.78 is 0. The summed E-state index contributed by atoms with van der Waals surface area (Å²) in [6, 6.07) is 11.1. The lowest BCUT2D eigenvalue weighted by Crippen LogP contribution is -2.38. The first-order valence-corrected chi connectivity index (χ1v) is 7.81. The van der Waals surface area contributed by atoms with Crippen molar-refractivity contribution in [3.05, 3.63) is 51.8 Å². The molecule has 0 saturated carbocycles. The van der Waals surface area contributed by atoms with Crippen molar-refractivity contribution in [2.45, 2.75) is 11.1 Å². The number of nitrogens with zero attached hydrogens (tertiary/aromatic N) is 2. The van der Waals surface area contributed by atoms with Crippen LogP contribution in [0.2, 0.25) is 0 Å². The van der Waals surface area contributed by atoms with Gasteiger partial charge in [0.05, 0.1) is 11.6 Å². The van der Waals surface area contributed by atoms with Crippen molar-refractivity contribution in [2.75, 3.05) is 11.6 Å². The van der Waals surface area contributed by atoms with Gasteiger partial charge in [0.15, 0.2) is 5.16 Å². The molecule has 1 aliphatic rings. The van der Waals surface area contributed by atoms with Crippen molar-refractivity contribution >= 4 is 23.5 Å². The average molecular weight is 312 g/mol. The lowest BCUT2D eigenvalue weighted by atomic mass is 9.79. The molecular weight excluding hydrogens is 300 g/mol. The second-order valence-electron chi connectivity index (χ2n) is 4.82. The van der Waals surface area contributed by atoms with E-state index in [1.165, 1.54) is 11.8 Å². The Kier molecular flexibility index (Phi) is 3.69. The molecular formula is C15H12N4O2S. The number of carbonyl (C=O) groups is 1. The number of anilines is 1. The Morgan fingerprint density at radius 1 is 1.27 bits per heavy atom. The first-order valence-electron chi connectivity index (χ1n) is 6.59. The number of nitriles is 1. The summed E-state index contributed by atoms with van der Waals surface area (Å²) in [4.78, 5) is 31.5. The molecule has 1 aromatic carbocycles. The van der Waals surface area contributed by atoms with Crippen molar-refractivity contribution in [3.63, 3.8) is 0 Å². The first kappa shape index (κ1) is 14.4. The van der Waals surface area contributed by atoms with Crippen LogP contribution in [0.3, 0.4) is 0 Å². The maximum absolute atomic E-state index is 12.4. The number of aromatic amines is 1. The molecule has 0 radical (unpaired) electrons. The van der Waals surface area contributed by atoms with Crippen LogP contribution in [0.5, 0.6) is 0 Å². The molecule has 0 aliphatic carbocycles. The molecule has 3 rings (SSSR count). The molecule has 0 spiro atoms. The molecule has 2 aromatic rings. The number of fused-ring (bicyclic) bond motifs is 1. The van der Waals surface area contributed by atoms with Crippen LogP contribution < -0.4 is 10.9 Å². The molecule has 1 amide bonds. The zero-order chi connectivity index (χ0) is 15.7. The van der Waals surface area contributed by atoms with E-state index in [0.29, 0.717) is 10.7 Å². The summed E-state index contributed by atoms with van der Waals surface area (Å²) in [6.45, 7) is 0. The van der Waals surface area contributed by atoms with Crippen molar-refractivity contribution in [3.8, 4) is 6.07 Å². The summed E-state index contributed by atoms with van der Waals surface area (Å²) in [5, 5.41) is 12.4. The van der Waals surface area contributed by atoms with E-state index in [0.717, 1.165) is 5.56 Å². The zero-order valence-electron chi connectivity index (χ0n) is 11.7. The van der Waals surface area contributed by atoms with Crippen molar-refractivity contribution in [2.24, 2.45) is 5.92 Å². The summed E-state index contributed by atoms with van der Waals surface area (Å²) in [7, 11) is 0. The second kappa shape index (κ2) is 5.66. The Balaban J connectivity index is 2.26. The van der Waals surface area contributed by atoms with Crippen LogP contribution in [0, 0.1) is 17.2 Å². The minimum atomic E-state index is -0.960. The highest BCUT2D eigenvalue weighted by Crippen LogP contribution is 2.37. The predicted octanol–water partition coefficient (Wildman–Crippen LogP) is 1.72. The Bertz CT molecular complexity index is 826. The van der Waals surface area contributed by atoms with Gasteiger partial charge < -0.3 is 10.3 Å². The van der Waals surface area contributed by atoms with Gasteiger partial charge in [-0.05, 0) is 11.8 Å². The molecule has 110 valence electrons. The molecule has 0 bridgehead atoms. The fraction of sp³-hybridized carbons (Fsp3) is 0.200. The monoisotopic (exact) mass is 312 g/mol. The van der Waals surface area contributed by atoms with E-state index in [2.05, 4.69) is 15.3 Å². The Hall–Kier alpha value is -2.59. The van der Waals surface area contributed by atoms with Crippen LogP contribution in [0.25, 0.3) is 0 Å². The Morgan fingerprint density at radius 3 is 2.64 bits per heavy atom. The predicted molar refractivity (Wildman–Crippen MR) is 82.7 cm³/mol. The minimum Gasteiger partial charge on any atom is -0.309 e. The normalized spacial score (nSPS) is 19.9. The number of carbonyl (C=O) groups excluding carboxylic acids is 1. The highest BCUT2D eigenvalue weighted by atomic mass is 32.2. The Morgan fingerprint density at radius 2 is 2.00 bits per heavy atom. The van der Waals surface area contributed by atoms with E-state index in [-0.39, 0.29) is 11.4 Å². The van der Waals surface area contributed by atoms with Crippen LogP contribution in [0.1, 0.15) is 17.0 Å². The number of nitrogens with one attached hydrogen (secondary N) is 2.